The van der Waals surface area contributed by atoms with Crippen molar-refractivity contribution in [3.63, 3.8) is 0 Å². The maximum absolute atomic E-state index is 11.5. The van der Waals surface area contributed by atoms with Gasteiger partial charge in [-0.2, -0.15) is 0 Å². The van der Waals surface area contributed by atoms with Gasteiger partial charge in [0.2, 0.25) is 0 Å². The second kappa shape index (κ2) is 11.4. The number of rotatable bonds is 10. The molecule has 0 aliphatic heterocycles. The maximum Gasteiger partial charge on any atom is 0.315 e. The van der Waals surface area contributed by atoms with Crippen molar-refractivity contribution in [2.45, 2.75) is 46.1 Å². The summed E-state index contributed by atoms with van der Waals surface area (Å²) in [6.45, 7) is 10.1. The third kappa shape index (κ3) is 6.43. The molecule has 0 aliphatic rings. The quantitative estimate of drug-likeness (QED) is 0.597. The van der Waals surface area contributed by atoms with Gasteiger partial charge >= 0.3 is 11.9 Å². The number of phenols is 1. The number of hydrogen-bond acceptors (Lipinski definition) is 7. The first-order chi connectivity index (χ1) is 12.3. The zero-order valence-corrected chi connectivity index (χ0v) is 17.8. The summed E-state index contributed by atoms with van der Waals surface area (Å²) in [5.74, 6) is 1.65. The van der Waals surface area contributed by atoms with Crippen LogP contribution in [0, 0.1) is 20.8 Å². The van der Waals surface area contributed by atoms with Crippen molar-refractivity contribution in [3.8, 4) is 5.75 Å². The lowest BCUT2D eigenvalue weighted by molar-refractivity contribution is -0.140. The zero-order chi connectivity index (χ0) is 19.7. The summed E-state index contributed by atoms with van der Waals surface area (Å²) in [6, 6.07) is 0. The summed E-state index contributed by atoms with van der Waals surface area (Å²) >= 11 is 2.95. The monoisotopic (exact) mass is 400 g/mol. The highest BCUT2D eigenvalue weighted by Gasteiger charge is 2.17. The highest BCUT2D eigenvalue weighted by molar-refractivity contribution is 7.99. The van der Waals surface area contributed by atoms with E-state index in [-0.39, 0.29) is 29.2 Å². The molecule has 0 unspecified atom stereocenters. The van der Waals surface area contributed by atoms with E-state index >= 15 is 0 Å². The standard InChI is InChI=1S/C19H28O5S2/c1-6-23-17(20)10-25-8-15-12(3)16(14(5)19(22)13(15)4)9-26-11-18(21)24-7-2/h22H,6-11H2,1-5H3. The number of hydrogen-bond donors (Lipinski definition) is 1. The molecule has 0 radical (unpaired) electrons. The van der Waals surface area contributed by atoms with E-state index in [1.165, 1.54) is 23.5 Å². The van der Waals surface area contributed by atoms with Crippen molar-refractivity contribution >= 4 is 35.5 Å². The second-order valence-corrected chi connectivity index (χ2v) is 7.75. The fourth-order valence-electron chi connectivity index (χ4n) is 2.62. The summed E-state index contributed by atoms with van der Waals surface area (Å²) in [6.07, 6.45) is 0. The Kier molecular flexibility index (Phi) is 9.94. The average molecular weight is 401 g/mol. The van der Waals surface area contributed by atoms with Gasteiger partial charge in [0, 0.05) is 11.5 Å². The molecule has 0 saturated heterocycles. The molecule has 0 fully saturated rings. The number of benzene rings is 1. The lowest BCUT2D eigenvalue weighted by atomic mass is 9.94. The van der Waals surface area contributed by atoms with Gasteiger partial charge in [0.15, 0.2) is 0 Å². The molecule has 5 nitrogen and oxygen atoms in total. The van der Waals surface area contributed by atoms with E-state index in [2.05, 4.69) is 0 Å². The van der Waals surface area contributed by atoms with E-state index in [4.69, 9.17) is 9.47 Å². The number of carbonyl (C=O) groups excluding carboxylic acids is 2. The van der Waals surface area contributed by atoms with Crippen LogP contribution in [0.5, 0.6) is 5.75 Å². The van der Waals surface area contributed by atoms with Crippen LogP contribution < -0.4 is 0 Å². The fourth-order valence-corrected chi connectivity index (χ4v) is 4.60. The van der Waals surface area contributed by atoms with Gasteiger partial charge in [-0.1, -0.05) is 0 Å². The minimum atomic E-state index is -0.227. The van der Waals surface area contributed by atoms with Crippen molar-refractivity contribution in [1.29, 1.82) is 0 Å². The highest BCUT2D eigenvalue weighted by atomic mass is 32.2. The Balaban J connectivity index is 2.86. The molecule has 26 heavy (non-hydrogen) atoms. The Morgan fingerprint density at radius 3 is 1.54 bits per heavy atom. The van der Waals surface area contributed by atoms with Crippen LogP contribution in [0.4, 0.5) is 0 Å². The smallest absolute Gasteiger partial charge is 0.315 e. The van der Waals surface area contributed by atoms with Crippen LogP contribution in [0.2, 0.25) is 0 Å². The first kappa shape index (κ1) is 22.7. The minimum Gasteiger partial charge on any atom is -0.507 e. The number of phenolic OH excluding ortho intramolecular Hbond substituents is 1. The van der Waals surface area contributed by atoms with Crippen LogP contribution in [0.1, 0.15) is 41.7 Å². The molecular formula is C19H28O5S2. The molecule has 1 N–H and O–H groups in total. The molecule has 146 valence electrons. The molecule has 0 aliphatic carbocycles. The SMILES string of the molecule is CCOC(=O)CSCc1c(C)c(O)c(C)c(CSCC(=O)OCC)c1C. The summed E-state index contributed by atoms with van der Waals surface area (Å²) in [5, 5.41) is 10.5. The minimum absolute atomic E-state index is 0.227. The lowest BCUT2D eigenvalue weighted by Gasteiger charge is -2.19. The van der Waals surface area contributed by atoms with Crippen LogP contribution in [0.15, 0.2) is 0 Å². The molecule has 0 saturated carbocycles. The van der Waals surface area contributed by atoms with E-state index in [0.29, 0.717) is 24.7 Å². The Bertz CT molecular complexity index is 592. The average Bonchev–Trinajstić information content (AvgIpc) is 2.59. The Morgan fingerprint density at radius 1 is 0.808 bits per heavy atom. The predicted octanol–water partition coefficient (Wildman–Crippen LogP) is 3.91. The molecule has 0 amide bonds. The molecule has 0 bridgehead atoms. The van der Waals surface area contributed by atoms with E-state index in [0.717, 1.165) is 27.8 Å². The number of esters is 2. The number of ether oxygens (including phenoxy) is 2. The van der Waals surface area contributed by atoms with Gasteiger partial charge in [0.05, 0.1) is 24.7 Å². The van der Waals surface area contributed by atoms with Crippen LogP contribution in [-0.2, 0) is 30.6 Å². The zero-order valence-electron chi connectivity index (χ0n) is 16.1. The fraction of sp³-hybridized carbons (Fsp3) is 0.579. The Labute approximate surface area is 164 Å². The van der Waals surface area contributed by atoms with Crippen molar-refractivity contribution in [3.05, 3.63) is 27.8 Å². The van der Waals surface area contributed by atoms with Crippen molar-refractivity contribution in [2.75, 3.05) is 24.7 Å². The summed E-state index contributed by atoms with van der Waals surface area (Å²) in [5.41, 5.74) is 4.86. The Morgan fingerprint density at radius 2 is 1.19 bits per heavy atom. The first-order valence-electron chi connectivity index (χ1n) is 8.60. The number of thioether (sulfide) groups is 2. The van der Waals surface area contributed by atoms with Gasteiger partial charge < -0.3 is 14.6 Å². The summed E-state index contributed by atoms with van der Waals surface area (Å²) in [7, 11) is 0. The van der Waals surface area contributed by atoms with Gasteiger partial charge in [-0.25, -0.2) is 0 Å². The molecule has 0 aromatic heterocycles. The lowest BCUT2D eigenvalue weighted by Crippen LogP contribution is -2.09. The molecule has 1 rings (SSSR count). The summed E-state index contributed by atoms with van der Waals surface area (Å²) < 4.78 is 9.89. The van der Waals surface area contributed by atoms with E-state index in [9.17, 15) is 14.7 Å². The van der Waals surface area contributed by atoms with Crippen molar-refractivity contribution < 1.29 is 24.2 Å². The topological polar surface area (TPSA) is 72.8 Å². The molecule has 1 aromatic rings. The predicted molar refractivity (Wildman–Crippen MR) is 108 cm³/mol. The van der Waals surface area contributed by atoms with Crippen molar-refractivity contribution in [1.82, 2.24) is 0 Å². The first-order valence-corrected chi connectivity index (χ1v) is 10.9. The third-order valence-electron chi connectivity index (χ3n) is 4.06. The van der Waals surface area contributed by atoms with Gasteiger partial charge in [0.1, 0.15) is 5.75 Å². The van der Waals surface area contributed by atoms with E-state index in [1.807, 2.05) is 20.8 Å². The number of carbonyl (C=O) groups is 2. The van der Waals surface area contributed by atoms with E-state index < -0.39 is 0 Å². The van der Waals surface area contributed by atoms with E-state index in [1.54, 1.807) is 13.8 Å². The molecule has 7 heteroatoms. The third-order valence-corrected chi connectivity index (χ3v) is 5.93. The molecular weight excluding hydrogens is 372 g/mol. The molecule has 1 aromatic carbocycles. The second-order valence-electron chi connectivity index (χ2n) is 5.78. The highest BCUT2D eigenvalue weighted by Crippen LogP contribution is 2.35. The maximum atomic E-state index is 11.5. The van der Waals surface area contributed by atoms with Gasteiger partial charge in [0.25, 0.3) is 0 Å². The van der Waals surface area contributed by atoms with Crippen LogP contribution in [0.3, 0.4) is 0 Å². The van der Waals surface area contributed by atoms with Gasteiger partial charge in [-0.15, -0.1) is 23.5 Å². The summed E-state index contributed by atoms with van der Waals surface area (Å²) in [4.78, 5) is 23.0. The molecule has 0 atom stereocenters. The van der Waals surface area contributed by atoms with Crippen LogP contribution in [-0.4, -0.2) is 41.8 Å². The molecule has 0 heterocycles. The number of aromatic hydroxyl groups is 1. The Hall–Kier alpha value is -1.34. The molecule has 0 spiro atoms. The van der Waals surface area contributed by atoms with Gasteiger partial charge in [-0.3, -0.25) is 9.59 Å². The van der Waals surface area contributed by atoms with Gasteiger partial charge in [-0.05, 0) is 62.4 Å². The van der Waals surface area contributed by atoms with Crippen molar-refractivity contribution in [2.24, 2.45) is 0 Å². The van der Waals surface area contributed by atoms with Crippen LogP contribution >= 0.6 is 23.5 Å². The normalized spacial score (nSPS) is 10.7. The van der Waals surface area contributed by atoms with Crippen LogP contribution in [0.25, 0.3) is 0 Å². The largest absolute Gasteiger partial charge is 0.507 e.